The van der Waals surface area contributed by atoms with Crippen molar-refractivity contribution in [2.75, 3.05) is 6.79 Å². The molecule has 0 fully saturated rings. The van der Waals surface area contributed by atoms with Gasteiger partial charge >= 0.3 is 5.97 Å². The predicted octanol–water partition coefficient (Wildman–Crippen LogP) is 4.13. The number of rotatable bonds is 4. The van der Waals surface area contributed by atoms with Gasteiger partial charge in [-0.05, 0) is 41.8 Å². The molecular formula is C16H12Cl2O4. The summed E-state index contributed by atoms with van der Waals surface area (Å²) < 4.78 is 10.5. The van der Waals surface area contributed by atoms with E-state index in [1.54, 1.807) is 36.4 Å². The van der Waals surface area contributed by atoms with Crippen LogP contribution in [-0.4, -0.2) is 17.9 Å². The van der Waals surface area contributed by atoms with Crippen LogP contribution in [0.4, 0.5) is 0 Å². The summed E-state index contributed by atoms with van der Waals surface area (Å²) in [4.78, 5) is 11.6. The third kappa shape index (κ3) is 2.98. The summed E-state index contributed by atoms with van der Waals surface area (Å²) in [7, 11) is 0. The zero-order valence-electron chi connectivity index (χ0n) is 11.4. The number of hydrogen-bond acceptors (Lipinski definition) is 3. The first-order chi connectivity index (χ1) is 10.5. The molecule has 1 atom stereocenters. The van der Waals surface area contributed by atoms with Crippen molar-refractivity contribution in [3.8, 4) is 11.5 Å². The Hall–Kier alpha value is -1.91. The smallest absolute Gasteiger partial charge is 0.311 e. The third-order valence-corrected chi connectivity index (χ3v) is 4.12. The van der Waals surface area contributed by atoms with Crippen LogP contribution in [0.25, 0.3) is 0 Å². The van der Waals surface area contributed by atoms with Gasteiger partial charge in [0.15, 0.2) is 11.5 Å². The van der Waals surface area contributed by atoms with Crippen LogP contribution in [0, 0.1) is 0 Å². The zero-order valence-corrected chi connectivity index (χ0v) is 12.9. The molecule has 0 amide bonds. The molecule has 1 N–H and O–H groups in total. The highest BCUT2D eigenvalue weighted by Gasteiger charge is 2.24. The molecule has 22 heavy (non-hydrogen) atoms. The lowest BCUT2D eigenvalue weighted by molar-refractivity contribution is -0.138. The number of ether oxygens (including phenoxy) is 2. The fraction of sp³-hybridized carbons (Fsp3) is 0.188. The van der Waals surface area contributed by atoms with Gasteiger partial charge in [-0.1, -0.05) is 35.3 Å². The topological polar surface area (TPSA) is 55.8 Å². The molecule has 0 aromatic heterocycles. The molecule has 0 bridgehead atoms. The Labute approximate surface area is 137 Å². The van der Waals surface area contributed by atoms with E-state index in [2.05, 4.69) is 0 Å². The molecule has 0 saturated carbocycles. The predicted molar refractivity (Wildman–Crippen MR) is 83.1 cm³/mol. The maximum absolute atomic E-state index is 11.6. The first-order valence-corrected chi connectivity index (χ1v) is 7.36. The lowest BCUT2D eigenvalue weighted by Gasteiger charge is -2.14. The highest BCUT2D eigenvalue weighted by atomic mass is 35.5. The average molecular weight is 339 g/mol. The number of hydrogen-bond donors (Lipinski definition) is 1. The van der Waals surface area contributed by atoms with Gasteiger partial charge in [0.2, 0.25) is 6.79 Å². The summed E-state index contributed by atoms with van der Waals surface area (Å²) in [6.07, 6.45) is 0.269. The van der Waals surface area contributed by atoms with Gasteiger partial charge in [-0.2, -0.15) is 0 Å². The molecule has 4 nitrogen and oxygen atoms in total. The normalized spacial score (nSPS) is 13.9. The van der Waals surface area contributed by atoms with E-state index in [4.69, 9.17) is 32.7 Å². The quantitative estimate of drug-likeness (QED) is 0.910. The first-order valence-electron chi connectivity index (χ1n) is 6.61. The standard InChI is InChI=1S/C16H12Cl2O4/c17-11-3-1-10(13(18)7-11)5-12(16(19)20)9-2-4-14-15(6-9)22-8-21-14/h1-4,6-7,12H,5,8H2,(H,19,20). The fourth-order valence-corrected chi connectivity index (χ4v) is 2.87. The molecule has 1 heterocycles. The molecule has 3 rings (SSSR count). The summed E-state index contributed by atoms with van der Waals surface area (Å²) in [6.45, 7) is 0.152. The van der Waals surface area contributed by atoms with E-state index in [1.807, 2.05) is 0 Å². The number of carbonyl (C=O) groups is 1. The SMILES string of the molecule is O=C(O)C(Cc1ccc(Cl)cc1Cl)c1ccc2c(c1)OCO2. The minimum Gasteiger partial charge on any atom is -0.481 e. The second-order valence-corrected chi connectivity index (χ2v) is 5.79. The second-order valence-electron chi connectivity index (χ2n) is 4.94. The highest BCUT2D eigenvalue weighted by molar-refractivity contribution is 6.35. The number of benzene rings is 2. The minimum atomic E-state index is -0.926. The number of aliphatic carboxylic acids is 1. The van der Waals surface area contributed by atoms with Crippen molar-refractivity contribution in [1.29, 1.82) is 0 Å². The second kappa shape index (κ2) is 6.07. The molecule has 1 unspecified atom stereocenters. The van der Waals surface area contributed by atoms with Crippen LogP contribution in [0.1, 0.15) is 17.0 Å². The minimum absolute atomic E-state index is 0.152. The Morgan fingerprint density at radius 3 is 2.64 bits per heavy atom. The van der Waals surface area contributed by atoms with Crippen LogP contribution in [-0.2, 0) is 11.2 Å². The molecule has 0 spiro atoms. The summed E-state index contributed by atoms with van der Waals surface area (Å²) in [5, 5.41) is 10.5. The van der Waals surface area contributed by atoms with Gasteiger partial charge in [-0.3, -0.25) is 4.79 Å². The largest absolute Gasteiger partial charge is 0.481 e. The summed E-state index contributed by atoms with van der Waals surface area (Å²) >= 11 is 12.0. The number of carboxylic acid groups (broad SMARTS) is 1. The Balaban J connectivity index is 1.91. The average Bonchev–Trinajstić information content (AvgIpc) is 2.93. The highest BCUT2D eigenvalue weighted by Crippen LogP contribution is 2.36. The Kier molecular flexibility index (Phi) is 4.14. The Morgan fingerprint density at radius 1 is 1.14 bits per heavy atom. The molecule has 1 aliphatic heterocycles. The maximum atomic E-state index is 11.6. The zero-order chi connectivity index (χ0) is 15.7. The van der Waals surface area contributed by atoms with Crippen molar-refractivity contribution in [2.24, 2.45) is 0 Å². The molecule has 0 aliphatic carbocycles. The Morgan fingerprint density at radius 2 is 1.91 bits per heavy atom. The monoisotopic (exact) mass is 338 g/mol. The molecule has 2 aromatic carbocycles. The maximum Gasteiger partial charge on any atom is 0.311 e. The van der Waals surface area contributed by atoms with Crippen LogP contribution in [0.3, 0.4) is 0 Å². The number of halogens is 2. The van der Waals surface area contributed by atoms with Crippen molar-refractivity contribution < 1.29 is 19.4 Å². The van der Waals surface area contributed by atoms with Crippen LogP contribution in [0.15, 0.2) is 36.4 Å². The fourth-order valence-electron chi connectivity index (χ4n) is 2.38. The van der Waals surface area contributed by atoms with Gasteiger partial charge in [0.1, 0.15) is 0 Å². The molecule has 0 radical (unpaired) electrons. The molecule has 2 aromatic rings. The van der Waals surface area contributed by atoms with Crippen LogP contribution in [0.5, 0.6) is 11.5 Å². The summed E-state index contributed by atoms with van der Waals surface area (Å²) in [6, 6.07) is 10.2. The van der Waals surface area contributed by atoms with Gasteiger partial charge in [0.05, 0.1) is 5.92 Å². The van der Waals surface area contributed by atoms with Gasteiger partial charge in [-0.15, -0.1) is 0 Å². The van der Waals surface area contributed by atoms with Crippen LogP contribution >= 0.6 is 23.2 Å². The molecule has 1 aliphatic rings. The van der Waals surface area contributed by atoms with Gasteiger partial charge in [0.25, 0.3) is 0 Å². The van der Waals surface area contributed by atoms with E-state index >= 15 is 0 Å². The molecule has 0 saturated heterocycles. The van der Waals surface area contributed by atoms with Crippen molar-refractivity contribution in [3.05, 3.63) is 57.6 Å². The van der Waals surface area contributed by atoms with E-state index in [9.17, 15) is 9.90 Å². The lowest BCUT2D eigenvalue weighted by atomic mass is 9.92. The van der Waals surface area contributed by atoms with Crippen molar-refractivity contribution >= 4 is 29.2 Å². The molecule has 114 valence electrons. The summed E-state index contributed by atoms with van der Waals surface area (Å²) in [5.74, 6) is -0.471. The van der Waals surface area contributed by atoms with E-state index in [0.717, 1.165) is 5.56 Å². The van der Waals surface area contributed by atoms with E-state index in [0.29, 0.717) is 27.1 Å². The van der Waals surface area contributed by atoms with Crippen molar-refractivity contribution in [1.82, 2.24) is 0 Å². The van der Waals surface area contributed by atoms with Crippen LogP contribution in [0.2, 0.25) is 10.0 Å². The summed E-state index contributed by atoms with van der Waals surface area (Å²) in [5.41, 5.74) is 1.37. The third-order valence-electron chi connectivity index (χ3n) is 3.54. The molecule has 6 heteroatoms. The number of carboxylic acids is 1. The van der Waals surface area contributed by atoms with Crippen molar-refractivity contribution in [3.63, 3.8) is 0 Å². The van der Waals surface area contributed by atoms with E-state index in [-0.39, 0.29) is 13.2 Å². The van der Waals surface area contributed by atoms with Gasteiger partial charge in [0, 0.05) is 10.0 Å². The van der Waals surface area contributed by atoms with Crippen LogP contribution < -0.4 is 9.47 Å². The van der Waals surface area contributed by atoms with E-state index < -0.39 is 11.9 Å². The Bertz CT molecular complexity index is 730. The lowest BCUT2D eigenvalue weighted by Crippen LogP contribution is -2.14. The van der Waals surface area contributed by atoms with Crippen molar-refractivity contribution in [2.45, 2.75) is 12.3 Å². The molecular weight excluding hydrogens is 327 g/mol. The van der Waals surface area contributed by atoms with E-state index in [1.165, 1.54) is 0 Å². The first kappa shape index (κ1) is 15.0. The van der Waals surface area contributed by atoms with Gasteiger partial charge in [-0.25, -0.2) is 0 Å². The number of fused-ring (bicyclic) bond motifs is 1. The van der Waals surface area contributed by atoms with Gasteiger partial charge < -0.3 is 14.6 Å².